The molecule has 1 unspecified atom stereocenters. The van der Waals surface area contributed by atoms with Crippen molar-refractivity contribution < 1.29 is 14.0 Å². The fourth-order valence-electron chi connectivity index (χ4n) is 3.87. The van der Waals surface area contributed by atoms with Crippen LogP contribution in [0.2, 0.25) is 0 Å². The Hall–Kier alpha value is -2.89. The van der Waals surface area contributed by atoms with Crippen LogP contribution >= 0.6 is 0 Å². The first-order valence-electron chi connectivity index (χ1n) is 10.2. The zero-order valence-corrected chi connectivity index (χ0v) is 17.1. The Labute approximate surface area is 170 Å². The highest BCUT2D eigenvalue weighted by molar-refractivity contribution is 5.95. The number of nitrogens with one attached hydrogen (secondary N) is 1. The normalized spacial score (nSPS) is 16.1. The summed E-state index contributed by atoms with van der Waals surface area (Å²) in [7, 11) is 1.61. The minimum atomic E-state index is -0.570. The van der Waals surface area contributed by atoms with Crippen molar-refractivity contribution in [2.75, 3.05) is 20.1 Å². The molecule has 0 spiro atoms. The zero-order chi connectivity index (χ0) is 20.8. The second-order valence-corrected chi connectivity index (χ2v) is 7.68. The van der Waals surface area contributed by atoms with Crippen molar-refractivity contribution in [3.05, 3.63) is 69.3 Å². The van der Waals surface area contributed by atoms with Gasteiger partial charge in [0.15, 0.2) is 0 Å². The van der Waals surface area contributed by atoms with Gasteiger partial charge in [-0.2, -0.15) is 0 Å². The van der Waals surface area contributed by atoms with Crippen molar-refractivity contribution in [1.82, 2.24) is 10.2 Å². The van der Waals surface area contributed by atoms with Gasteiger partial charge in [-0.3, -0.25) is 9.59 Å². The maximum Gasteiger partial charge on any atom is 0.349 e. The fourth-order valence-corrected chi connectivity index (χ4v) is 3.87. The molecule has 0 radical (unpaired) electrons. The molecule has 2 amide bonds. The summed E-state index contributed by atoms with van der Waals surface area (Å²) >= 11 is 0. The van der Waals surface area contributed by atoms with Crippen molar-refractivity contribution in [3.8, 4) is 0 Å². The second-order valence-electron chi connectivity index (χ2n) is 7.68. The largest absolute Gasteiger partial charge is 0.427 e. The van der Waals surface area contributed by atoms with Crippen molar-refractivity contribution in [2.45, 2.75) is 39.0 Å². The molecule has 2 heterocycles. The number of nitrogens with zero attached hydrogens (tertiary/aromatic N) is 1. The monoisotopic (exact) mass is 396 g/mol. The number of benzene rings is 1. The van der Waals surface area contributed by atoms with Crippen LogP contribution in [0.1, 0.15) is 46.5 Å². The summed E-state index contributed by atoms with van der Waals surface area (Å²) in [6, 6.07) is 12.0. The molecular formula is C23H28N2O4. The highest BCUT2D eigenvalue weighted by atomic mass is 16.4. The predicted molar refractivity (Wildman–Crippen MR) is 111 cm³/mol. The van der Waals surface area contributed by atoms with E-state index in [9.17, 15) is 14.4 Å². The van der Waals surface area contributed by atoms with Crippen molar-refractivity contribution in [2.24, 2.45) is 5.92 Å². The summed E-state index contributed by atoms with van der Waals surface area (Å²) in [5.41, 5.74) is 1.44. The van der Waals surface area contributed by atoms with Gasteiger partial charge in [-0.1, -0.05) is 30.3 Å². The van der Waals surface area contributed by atoms with Crippen LogP contribution in [0.5, 0.6) is 0 Å². The molecule has 1 atom stereocenters. The lowest BCUT2D eigenvalue weighted by Gasteiger charge is -2.17. The molecule has 1 N–H and O–H groups in total. The number of hydrogen-bond acceptors (Lipinski definition) is 4. The number of rotatable bonds is 7. The average Bonchev–Trinajstić information content (AvgIpc) is 3.16. The van der Waals surface area contributed by atoms with Crippen LogP contribution in [-0.4, -0.2) is 36.9 Å². The maximum atomic E-state index is 12.9. The molecule has 1 fully saturated rings. The zero-order valence-electron chi connectivity index (χ0n) is 17.1. The Balaban J connectivity index is 1.62. The van der Waals surface area contributed by atoms with Crippen LogP contribution in [0.15, 0.2) is 45.6 Å². The SMILES string of the molecule is CNC(=O)CC1CCN(C(=O)c2c(C)cc(CCCc3ccccc3)oc2=O)C1. The highest BCUT2D eigenvalue weighted by Gasteiger charge is 2.30. The smallest absolute Gasteiger partial charge is 0.349 e. The predicted octanol–water partition coefficient (Wildman–Crippen LogP) is 2.72. The first-order chi connectivity index (χ1) is 14.0. The molecule has 1 aliphatic heterocycles. The van der Waals surface area contributed by atoms with E-state index in [0.29, 0.717) is 37.3 Å². The highest BCUT2D eigenvalue weighted by Crippen LogP contribution is 2.22. The van der Waals surface area contributed by atoms with Crippen molar-refractivity contribution in [1.29, 1.82) is 0 Å². The van der Waals surface area contributed by atoms with E-state index in [1.165, 1.54) is 5.56 Å². The van der Waals surface area contributed by atoms with E-state index in [-0.39, 0.29) is 23.3 Å². The molecule has 0 bridgehead atoms. The van der Waals surface area contributed by atoms with Gasteiger partial charge < -0.3 is 14.6 Å². The van der Waals surface area contributed by atoms with Gasteiger partial charge in [-0.05, 0) is 49.3 Å². The van der Waals surface area contributed by atoms with Gasteiger partial charge in [-0.25, -0.2) is 4.79 Å². The third kappa shape index (κ3) is 5.34. The second kappa shape index (κ2) is 9.54. The number of aryl methyl sites for hydroxylation is 3. The standard InChI is InChI=1S/C23H28N2O4/c1-16-13-19(10-6-9-17-7-4-3-5-8-17)29-23(28)21(16)22(27)25-12-11-18(15-25)14-20(26)24-2/h3-5,7-8,13,18H,6,9-12,14-15H2,1-2H3,(H,24,26). The summed E-state index contributed by atoms with van der Waals surface area (Å²) in [6.07, 6.45) is 3.59. The van der Waals surface area contributed by atoms with Crippen LogP contribution in [-0.2, 0) is 17.6 Å². The molecule has 29 heavy (non-hydrogen) atoms. The van der Waals surface area contributed by atoms with Crippen molar-refractivity contribution >= 4 is 11.8 Å². The maximum absolute atomic E-state index is 12.9. The van der Waals surface area contributed by atoms with Crippen LogP contribution in [0.3, 0.4) is 0 Å². The van der Waals surface area contributed by atoms with E-state index in [4.69, 9.17) is 4.42 Å². The Kier molecular flexibility index (Phi) is 6.86. The van der Waals surface area contributed by atoms with Gasteiger partial charge in [0, 0.05) is 33.0 Å². The molecule has 154 valence electrons. The van der Waals surface area contributed by atoms with Crippen LogP contribution in [0.25, 0.3) is 0 Å². The van der Waals surface area contributed by atoms with Gasteiger partial charge in [-0.15, -0.1) is 0 Å². The number of likely N-dealkylation sites (tertiary alicyclic amines) is 1. The van der Waals surface area contributed by atoms with Crippen LogP contribution in [0, 0.1) is 12.8 Å². The summed E-state index contributed by atoms with van der Waals surface area (Å²) in [6.45, 7) is 2.82. The molecule has 6 heteroatoms. The molecule has 3 rings (SSSR count). The lowest BCUT2D eigenvalue weighted by molar-refractivity contribution is -0.121. The average molecular weight is 396 g/mol. The lowest BCUT2D eigenvalue weighted by atomic mass is 10.0. The molecule has 6 nitrogen and oxygen atoms in total. The number of carbonyl (C=O) groups is 2. The molecule has 2 aromatic rings. The Morgan fingerprint density at radius 2 is 1.97 bits per heavy atom. The topological polar surface area (TPSA) is 79.6 Å². The number of carbonyl (C=O) groups excluding carboxylic acids is 2. The number of amides is 2. The number of hydrogen-bond donors (Lipinski definition) is 1. The minimum Gasteiger partial charge on any atom is -0.427 e. The van der Waals surface area contributed by atoms with Gasteiger partial charge in [0.1, 0.15) is 11.3 Å². The molecular weight excluding hydrogens is 368 g/mol. The van der Waals surface area contributed by atoms with Gasteiger partial charge in [0.2, 0.25) is 5.91 Å². The lowest BCUT2D eigenvalue weighted by Crippen LogP contribution is -2.33. The molecule has 1 aromatic carbocycles. The first kappa shape index (κ1) is 20.8. The molecule has 1 aromatic heterocycles. The van der Waals surface area contributed by atoms with E-state index >= 15 is 0 Å². The Morgan fingerprint density at radius 3 is 2.66 bits per heavy atom. The van der Waals surface area contributed by atoms with E-state index in [1.807, 2.05) is 18.2 Å². The quantitative estimate of drug-likeness (QED) is 0.780. The Morgan fingerprint density at radius 1 is 1.21 bits per heavy atom. The summed E-state index contributed by atoms with van der Waals surface area (Å²) in [4.78, 5) is 38.6. The first-order valence-corrected chi connectivity index (χ1v) is 10.2. The Bertz CT molecular complexity index is 920. The van der Waals surface area contributed by atoms with Crippen LogP contribution < -0.4 is 10.9 Å². The summed E-state index contributed by atoms with van der Waals surface area (Å²) in [5, 5.41) is 2.61. The third-order valence-electron chi connectivity index (χ3n) is 5.47. The third-order valence-corrected chi connectivity index (χ3v) is 5.47. The van der Waals surface area contributed by atoms with Gasteiger partial charge in [0.25, 0.3) is 5.91 Å². The van der Waals surface area contributed by atoms with E-state index in [2.05, 4.69) is 17.4 Å². The molecule has 0 saturated carbocycles. The molecule has 1 saturated heterocycles. The summed E-state index contributed by atoms with van der Waals surface area (Å²) < 4.78 is 5.45. The summed E-state index contributed by atoms with van der Waals surface area (Å²) in [5.74, 6) is 0.411. The molecule has 1 aliphatic rings. The minimum absolute atomic E-state index is 0.0279. The van der Waals surface area contributed by atoms with Crippen molar-refractivity contribution in [3.63, 3.8) is 0 Å². The van der Waals surface area contributed by atoms with Gasteiger partial charge in [0.05, 0.1) is 0 Å². The van der Waals surface area contributed by atoms with Gasteiger partial charge >= 0.3 is 5.63 Å². The van der Waals surface area contributed by atoms with E-state index in [1.54, 1.807) is 24.9 Å². The van der Waals surface area contributed by atoms with E-state index in [0.717, 1.165) is 19.3 Å². The van der Waals surface area contributed by atoms with E-state index < -0.39 is 5.63 Å². The van der Waals surface area contributed by atoms with Crippen LogP contribution in [0.4, 0.5) is 0 Å². The molecule has 0 aliphatic carbocycles. The fraction of sp³-hybridized carbons (Fsp3) is 0.435.